The summed E-state index contributed by atoms with van der Waals surface area (Å²) in [6.45, 7) is 7.28. The van der Waals surface area contributed by atoms with Crippen LogP contribution >= 0.6 is 0 Å². The highest BCUT2D eigenvalue weighted by Gasteiger charge is 2.10. The second-order valence-electron chi connectivity index (χ2n) is 3.49. The molecular formula is C13H18N2O. The third kappa shape index (κ3) is 3.19. The van der Waals surface area contributed by atoms with Gasteiger partial charge in [0.15, 0.2) is 0 Å². The van der Waals surface area contributed by atoms with Crippen LogP contribution in [0.5, 0.6) is 0 Å². The van der Waals surface area contributed by atoms with Gasteiger partial charge in [0, 0.05) is 25.6 Å². The molecule has 0 N–H and O–H groups in total. The summed E-state index contributed by atoms with van der Waals surface area (Å²) in [6.07, 6.45) is 0. The van der Waals surface area contributed by atoms with E-state index in [1.165, 1.54) is 6.92 Å². The molecule has 3 nitrogen and oxygen atoms in total. The van der Waals surface area contributed by atoms with Gasteiger partial charge >= 0.3 is 0 Å². The molecule has 16 heavy (non-hydrogen) atoms. The molecule has 0 aliphatic carbocycles. The lowest BCUT2D eigenvalue weighted by molar-refractivity contribution is -0.115. The number of benzene rings is 1. The summed E-state index contributed by atoms with van der Waals surface area (Å²) in [4.78, 5) is 17.3. The Balaban J connectivity index is 3.11. The normalized spacial score (nSPS) is 11.3. The summed E-state index contributed by atoms with van der Waals surface area (Å²) in [5.41, 5.74) is 0.987. The van der Waals surface area contributed by atoms with Crippen molar-refractivity contribution in [2.75, 3.05) is 13.1 Å². The van der Waals surface area contributed by atoms with Gasteiger partial charge in [0.05, 0.1) is 0 Å². The predicted octanol–water partition coefficient (Wildman–Crippen LogP) is 2.32. The summed E-state index contributed by atoms with van der Waals surface area (Å²) in [5.74, 6) is 0.601. The zero-order valence-electron chi connectivity index (χ0n) is 10.1. The van der Waals surface area contributed by atoms with Gasteiger partial charge in [0.25, 0.3) is 0 Å². The van der Waals surface area contributed by atoms with Crippen LogP contribution in [0.4, 0.5) is 0 Å². The van der Waals surface area contributed by atoms with E-state index >= 15 is 0 Å². The van der Waals surface area contributed by atoms with Crippen molar-refractivity contribution in [3.63, 3.8) is 0 Å². The van der Waals surface area contributed by atoms with E-state index in [9.17, 15) is 4.79 Å². The molecule has 0 aromatic heterocycles. The zero-order valence-corrected chi connectivity index (χ0v) is 10.1. The van der Waals surface area contributed by atoms with Gasteiger partial charge in [-0.1, -0.05) is 30.3 Å². The van der Waals surface area contributed by atoms with Crippen LogP contribution in [0.25, 0.3) is 0 Å². The minimum absolute atomic E-state index is 0.161. The number of carbonyl (C=O) groups excluding carboxylic acids is 1. The highest BCUT2D eigenvalue weighted by atomic mass is 16.1. The quantitative estimate of drug-likeness (QED) is 0.576. The van der Waals surface area contributed by atoms with Gasteiger partial charge in [-0.2, -0.15) is 4.99 Å². The SMILES string of the molecule is CCN(CC)C(=NC(C)=O)c1ccccc1. The van der Waals surface area contributed by atoms with Crippen molar-refractivity contribution in [3.8, 4) is 0 Å². The number of rotatable bonds is 3. The van der Waals surface area contributed by atoms with Crippen LogP contribution in [0.2, 0.25) is 0 Å². The van der Waals surface area contributed by atoms with Crippen molar-refractivity contribution in [3.05, 3.63) is 35.9 Å². The topological polar surface area (TPSA) is 32.7 Å². The van der Waals surface area contributed by atoms with Crippen molar-refractivity contribution in [1.82, 2.24) is 4.90 Å². The lowest BCUT2D eigenvalue weighted by Crippen LogP contribution is -2.32. The molecule has 0 spiro atoms. The van der Waals surface area contributed by atoms with Crippen LogP contribution < -0.4 is 0 Å². The summed E-state index contributed by atoms with van der Waals surface area (Å²) < 4.78 is 0. The lowest BCUT2D eigenvalue weighted by atomic mass is 10.2. The van der Waals surface area contributed by atoms with Gasteiger partial charge in [0.2, 0.25) is 5.91 Å². The molecule has 0 saturated carbocycles. The number of amidine groups is 1. The third-order valence-electron chi connectivity index (χ3n) is 2.36. The number of hydrogen-bond acceptors (Lipinski definition) is 1. The van der Waals surface area contributed by atoms with E-state index < -0.39 is 0 Å². The number of amides is 1. The predicted molar refractivity (Wildman–Crippen MR) is 66.6 cm³/mol. The Morgan fingerprint density at radius 1 is 1.19 bits per heavy atom. The molecule has 0 saturated heterocycles. The molecule has 86 valence electrons. The molecule has 0 atom stereocenters. The fourth-order valence-electron chi connectivity index (χ4n) is 1.58. The largest absolute Gasteiger partial charge is 0.357 e. The molecule has 3 heteroatoms. The average Bonchev–Trinajstić information content (AvgIpc) is 2.30. The van der Waals surface area contributed by atoms with Gasteiger partial charge in [-0.3, -0.25) is 4.79 Å². The standard InChI is InChI=1S/C13H18N2O/c1-4-15(5-2)13(14-11(3)16)12-9-7-6-8-10-12/h6-10H,4-5H2,1-3H3. The molecule has 1 aromatic rings. The molecule has 0 radical (unpaired) electrons. The zero-order chi connectivity index (χ0) is 12.0. The summed E-state index contributed by atoms with van der Waals surface area (Å²) >= 11 is 0. The Morgan fingerprint density at radius 3 is 2.19 bits per heavy atom. The van der Waals surface area contributed by atoms with Crippen molar-refractivity contribution >= 4 is 11.7 Å². The van der Waals surface area contributed by atoms with Gasteiger partial charge in [-0.25, -0.2) is 0 Å². The van der Waals surface area contributed by atoms with E-state index in [1.807, 2.05) is 30.3 Å². The Bertz CT molecular complexity index is 367. The maximum Gasteiger partial charge on any atom is 0.244 e. The van der Waals surface area contributed by atoms with E-state index in [0.717, 1.165) is 24.5 Å². The van der Waals surface area contributed by atoms with Crippen molar-refractivity contribution in [2.45, 2.75) is 20.8 Å². The number of hydrogen-bond donors (Lipinski definition) is 0. The fourth-order valence-corrected chi connectivity index (χ4v) is 1.58. The number of aliphatic imine (C=N–C) groups is 1. The van der Waals surface area contributed by atoms with Crippen LogP contribution in [0.1, 0.15) is 26.3 Å². The highest BCUT2D eigenvalue weighted by molar-refractivity contribution is 6.04. The van der Waals surface area contributed by atoms with E-state index in [4.69, 9.17) is 0 Å². The van der Waals surface area contributed by atoms with E-state index in [-0.39, 0.29) is 5.91 Å². The molecule has 1 aromatic carbocycles. The maximum atomic E-state index is 11.1. The minimum atomic E-state index is -0.161. The summed E-state index contributed by atoms with van der Waals surface area (Å²) in [6, 6.07) is 9.81. The molecular weight excluding hydrogens is 200 g/mol. The first-order valence-corrected chi connectivity index (χ1v) is 5.58. The molecule has 1 rings (SSSR count). The van der Waals surface area contributed by atoms with Gasteiger partial charge in [-0.05, 0) is 13.8 Å². The van der Waals surface area contributed by atoms with Crippen LogP contribution in [0, 0.1) is 0 Å². The van der Waals surface area contributed by atoms with Crippen LogP contribution in [-0.2, 0) is 4.79 Å². The molecule has 0 fully saturated rings. The van der Waals surface area contributed by atoms with Crippen LogP contribution in [0.3, 0.4) is 0 Å². The van der Waals surface area contributed by atoms with Crippen LogP contribution in [0.15, 0.2) is 35.3 Å². The third-order valence-corrected chi connectivity index (χ3v) is 2.36. The van der Waals surface area contributed by atoms with Crippen molar-refractivity contribution in [1.29, 1.82) is 0 Å². The lowest BCUT2D eigenvalue weighted by Gasteiger charge is -2.22. The van der Waals surface area contributed by atoms with E-state index in [2.05, 4.69) is 23.7 Å². The second kappa shape index (κ2) is 6.05. The molecule has 0 heterocycles. The molecule has 0 aliphatic heterocycles. The first kappa shape index (κ1) is 12.4. The van der Waals surface area contributed by atoms with Crippen molar-refractivity contribution in [2.24, 2.45) is 4.99 Å². The second-order valence-corrected chi connectivity index (χ2v) is 3.49. The first-order chi connectivity index (χ1) is 7.69. The Kier molecular flexibility index (Phi) is 4.70. The van der Waals surface area contributed by atoms with Gasteiger partial charge < -0.3 is 4.90 Å². The van der Waals surface area contributed by atoms with E-state index in [1.54, 1.807) is 0 Å². The maximum absolute atomic E-state index is 11.1. The monoisotopic (exact) mass is 218 g/mol. The number of nitrogens with zero attached hydrogens (tertiary/aromatic N) is 2. The first-order valence-electron chi connectivity index (χ1n) is 5.58. The Morgan fingerprint density at radius 2 is 1.75 bits per heavy atom. The summed E-state index contributed by atoms with van der Waals surface area (Å²) in [7, 11) is 0. The fraction of sp³-hybridized carbons (Fsp3) is 0.385. The Labute approximate surface area is 96.8 Å². The van der Waals surface area contributed by atoms with Gasteiger partial charge in [0.1, 0.15) is 5.84 Å². The summed E-state index contributed by atoms with van der Waals surface area (Å²) in [5, 5.41) is 0. The highest BCUT2D eigenvalue weighted by Crippen LogP contribution is 2.06. The smallest absolute Gasteiger partial charge is 0.244 e. The van der Waals surface area contributed by atoms with E-state index in [0.29, 0.717) is 0 Å². The molecule has 1 amide bonds. The molecule has 0 aliphatic rings. The molecule has 0 bridgehead atoms. The van der Waals surface area contributed by atoms with Crippen molar-refractivity contribution < 1.29 is 4.79 Å². The molecule has 0 unspecified atom stereocenters. The number of carbonyl (C=O) groups is 1. The van der Waals surface area contributed by atoms with Gasteiger partial charge in [-0.15, -0.1) is 0 Å². The Hall–Kier alpha value is -1.64. The average molecular weight is 218 g/mol. The van der Waals surface area contributed by atoms with Crippen LogP contribution in [-0.4, -0.2) is 29.7 Å². The minimum Gasteiger partial charge on any atom is -0.357 e.